The zero-order chi connectivity index (χ0) is 10.1. The fourth-order valence-electron chi connectivity index (χ4n) is 1.28. The van der Waals surface area contributed by atoms with Crippen LogP contribution in [0.25, 0.3) is 11.0 Å². The zero-order valence-electron chi connectivity index (χ0n) is 7.67. The molecular formula is C10H9ClN2O. The standard InChI is InChI=1S/C10H9ClN2O/c1-2-9(14)10-12-7-4-3-6(11)5-8(7)13-10/h3-5H,2H2,1H3,(H,12,13). The van der Waals surface area contributed by atoms with Gasteiger partial charge in [-0.05, 0) is 18.2 Å². The van der Waals surface area contributed by atoms with E-state index in [2.05, 4.69) is 9.97 Å². The summed E-state index contributed by atoms with van der Waals surface area (Å²) in [7, 11) is 0. The molecule has 2 aromatic rings. The fraction of sp³-hybridized carbons (Fsp3) is 0.200. The summed E-state index contributed by atoms with van der Waals surface area (Å²) in [5.74, 6) is 0.419. The molecular weight excluding hydrogens is 200 g/mol. The summed E-state index contributed by atoms with van der Waals surface area (Å²) in [6, 6.07) is 5.31. The van der Waals surface area contributed by atoms with Crippen molar-refractivity contribution in [3.8, 4) is 0 Å². The first-order valence-corrected chi connectivity index (χ1v) is 4.77. The highest BCUT2D eigenvalue weighted by atomic mass is 35.5. The van der Waals surface area contributed by atoms with Crippen molar-refractivity contribution in [2.24, 2.45) is 0 Å². The molecule has 14 heavy (non-hydrogen) atoms. The Balaban J connectivity index is 2.56. The van der Waals surface area contributed by atoms with E-state index in [1.807, 2.05) is 6.92 Å². The number of benzene rings is 1. The molecule has 1 aromatic heterocycles. The highest BCUT2D eigenvalue weighted by Gasteiger charge is 2.08. The first-order valence-electron chi connectivity index (χ1n) is 4.39. The first-order chi connectivity index (χ1) is 6.70. The van der Waals surface area contributed by atoms with Crippen molar-refractivity contribution in [2.75, 3.05) is 0 Å². The number of H-pyrrole nitrogens is 1. The van der Waals surface area contributed by atoms with Crippen LogP contribution >= 0.6 is 11.6 Å². The van der Waals surface area contributed by atoms with Gasteiger partial charge in [0.2, 0.25) is 0 Å². The number of imidazole rings is 1. The van der Waals surface area contributed by atoms with E-state index in [4.69, 9.17) is 11.6 Å². The molecule has 0 amide bonds. The van der Waals surface area contributed by atoms with Crippen molar-refractivity contribution >= 4 is 28.4 Å². The Morgan fingerprint density at radius 2 is 2.36 bits per heavy atom. The topological polar surface area (TPSA) is 45.8 Å². The van der Waals surface area contributed by atoms with E-state index in [-0.39, 0.29) is 5.78 Å². The van der Waals surface area contributed by atoms with Gasteiger partial charge in [-0.2, -0.15) is 0 Å². The quantitative estimate of drug-likeness (QED) is 0.772. The van der Waals surface area contributed by atoms with E-state index in [0.717, 1.165) is 11.0 Å². The lowest BCUT2D eigenvalue weighted by molar-refractivity contribution is 0.0979. The SMILES string of the molecule is CCC(=O)c1nc2ccc(Cl)cc2[nH]1. The maximum absolute atomic E-state index is 11.3. The van der Waals surface area contributed by atoms with Gasteiger partial charge < -0.3 is 4.98 Å². The molecule has 1 N–H and O–H groups in total. The van der Waals surface area contributed by atoms with Crippen LogP contribution in [0, 0.1) is 0 Å². The molecule has 0 radical (unpaired) electrons. The number of halogens is 1. The molecule has 0 unspecified atom stereocenters. The highest BCUT2D eigenvalue weighted by Crippen LogP contribution is 2.17. The fourth-order valence-corrected chi connectivity index (χ4v) is 1.45. The average Bonchev–Trinajstić information content (AvgIpc) is 2.59. The maximum Gasteiger partial charge on any atom is 0.197 e. The smallest absolute Gasteiger partial charge is 0.197 e. The second-order valence-electron chi connectivity index (χ2n) is 3.02. The predicted molar refractivity (Wildman–Crippen MR) is 55.7 cm³/mol. The molecule has 3 nitrogen and oxygen atoms in total. The van der Waals surface area contributed by atoms with E-state index in [1.165, 1.54) is 0 Å². The third-order valence-corrected chi connectivity index (χ3v) is 2.26. The first kappa shape index (κ1) is 9.21. The van der Waals surface area contributed by atoms with Crippen LogP contribution in [0.4, 0.5) is 0 Å². The largest absolute Gasteiger partial charge is 0.335 e. The van der Waals surface area contributed by atoms with Gasteiger partial charge in [-0.15, -0.1) is 0 Å². The van der Waals surface area contributed by atoms with Crippen molar-refractivity contribution in [3.63, 3.8) is 0 Å². The van der Waals surface area contributed by atoms with E-state index in [1.54, 1.807) is 18.2 Å². The molecule has 4 heteroatoms. The molecule has 72 valence electrons. The van der Waals surface area contributed by atoms with Crippen molar-refractivity contribution in [3.05, 3.63) is 29.0 Å². The molecule has 1 heterocycles. The second kappa shape index (κ2) is 3.42. The Morgan fingerprint density at radius 3 is 3.07 bits per heavy atom. The Kier molecular flexibility index (Phi) is 2.25. The van der Waals surface area contributed by atoms with Gasteiger partial charge in [0, 0.05) is 11.4 Å². The molecule has 0 saturated heterocycles. The molecule has 0 aliphatic rings. The number of fused-ring (bicyclic) bond motifs is 1. The summed E-state index contributed by atoms with van der Waals surface area (Å²) in [5, 5.41) is 0.636. The number of aromatic nitrogens is 2. The van der Waals surface area contributed by atoms with E-state index in [0.29, 0.717) is 17.3 Å². The van der Waals surface area contributed by atoms with E-state index < -0.39 is 0 Å². The number of carbonyl (C=O) groups is 1. The van der Waals surface area contributed by atoms with Gasteiger partial charge in [-0.3, -0.25) is 4.79 Å². The lowest BCUT2D eigenvalue weighted by atomic mass is 10.3. The molecule has 0 atom stereocenters. The van der Waals surface area contributed by atoms with Gasteiger partial charge in [-0.25, -0.2) is 4.98 Å². The minimum atomic E-state index is 0.0114. The van der Waals surface area contributed by atoms with Crippen LogP contribution in [0.1, 0.15) is 24.0 Å². The number of nitrogens with zero attached hydrogens (tertiary/aromatic N) is 1. The van der Waals surface area contributed by atoms with E-state index >= 15 is 0 Å². The molecule has 2 rings (SSSR count). The molecule has 0 aliphatic heterocycles. The van der Waals surface area contributed by atoms with Crippen LogP contribution < -0.4 is 0 Å². The minimum absolute atomic E-state index is 0.0114. The van der Waals surface area contributed by atoms with Crippen LogP contribution in [0.3, 0.4) is 0 Å². The van der Waals surface area contributed by atoms with Gasteiger partial charge in [0.1, 0.15) is 0 Å². The van der Waals surface area contributed by atoms with Gasteiger partial charge in [-0.1, -0.05) is 18.5 Å². The summed E-state index contributed by atoms with van der Waals surface area (Å²) < 4.78 is 0. The Bertz CT molecular complexity index is 490. The van der Waals surface area contributed by atoms with Crippen LogP contribution in [-0.4, -0.2) is 15.8 Å². The lowest BCUT2D eigenvalue weighted by Crippen LogP contribution is -1.98. The van der Waals surface area contributed by atoms with Crippen LogP contribution in [0.15, 0.2) is 18.2 Å². The van der Waals surface area contributed by atoms with Crippen LogP contribution in [0.5, 0.6) is 0 Å². The highest BCUT2D eigenvalue weighted by molar-refractivity contribution is 6.31. The van der Waals surface area contributed by atoms with Crippen molar-refractivity contribution in [1.29, 1.82) is 0 Å². The number of aromatic amines is 1. The van der Waals surface area contributed by atoms with Gasteiger partial charge in [0.15, 0.2) is 11.6 Å². The number of hydrogen-bond donors (Lipinski definition) is 1. The Labute approximate surface area is 86.1 Å². The summed E-state index contributed by atoms with van der Waals surface area (Å²) in [6.07, 6.45) is 0.452. The van der Waals surface area contributed by atoms with Crippen LogP contribution in [0.2, 0.25) is 5.02 Å². The third-order valence-electron chi connectivity index (χ3n) is 2.03. The number of ketones is 1. The van der Waals surface area contributed by atoms with Crippen molar-refractivity contribution < 1.29 is 4.79 Å². The Morgan fingerprint density at radius 1 is 1.57 bits per heavy atom. The summed E-state index contributed by atoms with van der Waals surface area (Å²) >= 11 is 5.81. The number of rotatable bonds is 2. The predicted octanol–water partition coefficient (Wildman–Crippen LogP) is 2.81. The van der Waals surface area contributed by atoms with Gasteiger partial charge >= 0.3 is 0 Å². The molecule has 0 aliphatic carbocycles. The average molecular weight is 209 g/mol. The second-order valence-corrected chi connectivity index (χ2v) is 3.46. The Hall–Kier alpha value is -1.35. The number of carbonyl (C=O) groups excluding carboxylic acids is 1. The van der Waals surface area contributed by atoms with E-state index in [9.17, 15) is 4.79 Å². The molecule has 0 bridgehead atoms. The monoisotopic (exact) mass is 208 g/mol. The third kappa shape index (κ3) is 1.51. The summed E-state index contributed by atoms with van der Waals surface area (Å²) in [6.45, 7) is 1.81. The number of nitrogens with one attached hydrogen (secondary N) is 1. The van der Waals surface area contributed by atoms with Crippen molar-refractivity contribution in [2.45, 2.75) is 13.3 Å². The van der Waals surface area contributed by atoms with Crippen LogP contribution in [-0.2, 0) is 0 Å². The molecule has 1 aromatic carbocycles. The number of Topliss-reactive ketones (excluding diaryl/α,β-unsaturated/α-hetero) is 1. The number of hydrogen-bond acceptors (Lipinski definition) is 2. The van der Waals surface area contributed by atoms with Gasteiger partial charge in [0.25, 0.3) is 0 Å². The summed E-state index contributed by atoms with van der Waals surface area (Å²) in [4.78, 5) is 18.4. The molecule has 0 fully saturated rings. The summed E-state index contributed by atoms with van der Waals surface area (Å²) in [5.41, 5.74) is 1.57. The minimum Gasteiger partial charge on any atom is -0.335 e. The molecule has 0 saturated carbocycles. The van der Waals surface area contributed by atoms with Gasteiger partial charge in [0.05, 0.1) is 11.0 Å². The maximum atomic E-state index is 11.3. The molecule has 0 spiro atoms. The zero-order valence-corrected chi connectivity index (χ0v) is 8.43. The lowest BCUT2D eigenvalue weighted by Gasteiger charge is -1.88. The van der Waals surface area contributed by atoms with Crippen molar-refractivity contribution in [1.82, 2.24) is 9.97 Å². The normalized spacial score (nSPS) is 10.7.